The molecule has 1 saturated heterocycles. The van der Waals surface area contributed by atoms with Crippen molar-refractivity contribution in [3.8, 4) is 0 Å². The standard InChI is InChI=1S/C30H38N6O4S/c1-7-21(26(40-6)32-19(3)36-15-12-30(4,13-16-36)27(37)38)20-17-22(24-11-9-10-14-35(24)5)25-23(18-20)33-29(41-25)34-28(39)31-8-2/h7,9-11,14,17-18,24H,3,8,12-13,15-16H2,1-2,4-6H3,(H,37,38)(H2,31,33,34,39)/b21-7-,32-26+. The molecule has 1 atom stereocenters. The van der Waals surface area contributed by atoms with E-state index >= 15 is 0 Å². The molecule has 11 heteroatoms. The number of carbonyl (C=O) groups is 2. The molecule has 1 unspecified atom stereocenters. The van der Waals surface area contributed by atoms with Gasteiger partial charge in [-0.05, 0) is 69.1 Å². The van der Waals surface area contributed by atoms with E-state index in [0.29, 0.717) is 49.3 Å². The third-order valence-electron chi connectivity index (χ3n) is 7.56. The number of fused-ring (bicyclic) bond motifs is 1. The van der Waals surface area contributed by atoms with Gasteiger partial charge in [-0.15, -0.1) is 0 Å². The van der Waals surface area contributed by atoms with Crippen LogP contribution in [0.5, 0.6) is 0 Å². The van der Waals surface area contributed by atoms with E-state index in [1.54, 1.807) is 14.0 Å². The Kier molecular flexibility index (Phi) is 9.17. The second-order valence-electron chi connectivity index (χ2n) is 10.3. The van der Waals surface area contributed by atoms with Crippen molar-refractivity contribution in [3.05, 3.63) is 66.2 Å². The Labute approximate surface area is 244 Å². The molecule has 2 aromatic rings. The molecule has 0 spiro atoms. The summed E-state index contributed by atoms with van der Waals surface area (Å²) in [4.78, 5) is 37.5. The molecular weight excluding hydrogens is 540 g/mol. The summed E-state index contributed by atoms with van der Waals surface area (Å²) in [7, 11) is 3.60. The monoisotopic (exact) mass is 578 g/mol. The Morgan fingerprint density at radius 1 is 1.32 bits per heavy atom. The topological polar surface area (TPSA) is 119 Å². The zero-order valence-corrected chi connectivity index (χ0v) is 25.0. The summed E-state index contributed by atoms with van der Waals surface area (Å²) in [6.07, 6.45) is 11.1. The van der Waals surface area contributed by atoms with Crippen LogP contribution in [0.1, 0.15) is 50.8 Å². The van der Waals surface area contributed by atoms with E-state index in [9.17, 15) is 14.7 Å². The predicted molar refractivity (Wildman–Crippen MR) is 165 cm³/mol. The third kappa shape index (κ3) is 6.45. The normalized spacial score (nSPS) is 18.9. The van der Waals surface area contributed by atoms with Crippen LogP contribution in [0.4, 0.5) is 9.93 Å². The number of aliphatic carboxylic acids is 1. The van der Waals surface area contributed by atoms with Crippen molar-refractivity contribution < 1.29 is 19.4 Å². The SMILES string of the molecule is C=C(/N=C(OC)\C(=C/C)c1cc(C2C=CC=CN2C)c2sc(NC(=O)NCC)nc2c1)N1CCC(C)(C(=O)O)CC1. The number of carbonyl (C=O) groups excluding carboxylic acids is 1. The Morgan fingerprint density at radius 3 is 2.66 bits per heavy atom. The van der Waals surface area contributed by atoms with Gasteiger partial charge >= 0.3 is 12.0 Å². The molecular formula is C30H38N6O4S. The van der Waals surface area contributed by atoms with Crippen LogP contribution in [0, 0.1) is 5.41 Å². The number of likely N-dealkylation sites (N-methyl/N-ethyl adjacent to an activating group) is 1. The third-order valence-corrected chi connectivity index (χ3v) is 8.60. The number of methoxy groups -OCH3 is 1. The first-order valence-corrected chi connectivity index (χ1v) is 14.4. The van der Waals surface area contributed by atoms with Crippen LogP contribution in [0.3, 0.4) is 0 Å². The predicted octanol–water partition coefficient (Wildman–Crippen LogP) is 5.60. The lowest BCUT2D eigenvalue weighted by molar-refractivity contribution is -0.150. The quantitative estimate of drug-likeness (QED) is 0.276. The van der Waals surface area contributed by atoms with Crippen molar-refractivity contribution >= 4 is 50.2 Å². The Hall–Kier alpha value is -4.12. The van der Waals surface area contributed by atoms with E-state index in [-0.39, 0.29) is 12.1 Å². The summed E-state index contributed by atoms with van der Waals surface area (Å²) in [6, 6.07) is 3.77. The lowest BCUT2D eigenvalue weighted by Gasteiger charge is -2.37. The van der Waals surface area contributed by atoms with E-state index in [1.807, 2.05) is 56.3 Å². The number of rotatable bonds is 8. The molecule has 0 radical (unpaired) electrons. The molecule has 2 aliphatic rings. The van der Waals surface area contributed by atoms with Gasteiger partial charge in [0.1, 0.15) is 5.82 Å². The Balaban J connectivity index is 1.71. The number of allylic oxidation sites excluding steroid dienone is 3. The number of benzene rings is 1. The van der Waals surface area contributed by atoms with Crippen molar-refractivity contribution in [3.63, 3.8) is 0 Å². The van der Waals surface area contributed by atoms with Crippen molar-refractivity contribution in [2.75, 3.05) is 39.1 Å². The molecule has 4 rings (SSSR count). The number of aliphatic imine (C=N–C) groups is 1. The second kappa shape index (κ2) is 12.6. The summed E-state index contributed by atoms with van der Waals surface area (Å²) in [6.45, 7) is 11.4. The summed E-state index contributed by atoms with van der Waals surface area (Å²) in [5.74, 6) is 0.154. The van der Waals surface area contributed by atoms with Gasteiger partial charge in [0.2, 0.25) is 5.90 Å². The lowest BCUT2D eigenvalue weighted by Crippen LogP contribution is -2.41. The maximum Gasteiger partial charge on any atom is 0.321 e. The van der Waals surface area contributed by atoms with Gasteiger partial charge in [0.25, 0.3) is 0 Å². The summed E-state index contributed by atoms with van der Waals surface area (Å²) < 4.78 is 6.76. The number of nitrogens with zero attached hydrogens (tertiary/aromatic N) is 4. The fourth-order valence-electron chi connectivity index (χ4n) is 4.99. The highest BCUT2D eigenvalue weighted by molar-refractivity contribution is 7.22. The van der Waals surface area contributed by atoms with Crippen LogP contribution >= 0.6 is 11.3 Å². The van der Waals surface area contributed by atoms with E-state index in [0.717, 1.165) is 26.9 Å². The minimum atomic E-state index is -0.772. The smallest absolute Gasteiger partial charge is 0.321 e. The molecule has 0 bridgehead atoms. The largest absolute Gasteiger partial charge is 0.481 e. The average molecular weight is 579 g/mol. The van der Waals surface area contributed by atoms with Gasteiger partial charge in [-0.25, -0.2) is 9.78 Å². The average Bonchev–Trinajstić information content (AvgIpc) is 3.35. The highest BCUT2D eigenvalue weighted by Gasteiger charge is 2.37. The van der Waals surface area contributed by atoms with Crippen LogP contribution in [-0.4, -0.2) is 71.6 Å². The molecule has 0 aliphatic carbocycles. The van der Waals surface area contributed by atoms with Gasteiger partial charge in [-0.1, -0.05) is 36.1 Å². The lowest BCUT2D eigenvalue weighted by atomic mass is 9.80. The first kappa shape index (κ1) is 29.9. The number of aromatic nitrogens is 1. The number of likely N-dealkylation sites (tertiary alicyclic amines) is 1. The molecule has 1 aromatic carbocycles. The molecule has 1 aromatic heterocycles. The molecule has 2 amide bonds. The van der Waals surface area contributed by atoms with Crippen molar-refractivity contribution in [2.24, 2.45) is 10.4 Å². The number of urea groups is 1. The zero-order valence-electron chi connectivity index (χ0n) is 24.2. The molecule has 2 aliphatic heterocycles. The molecule has 3 N–H and O–H groups in total. The number of thiazole rings is 1. The summed E-state index contributed by atoms with van der Waals surface area (Å²) in [5.41, 5.74) is 2.70. The molecule has 3 heterocycles. The van der Waals surface area contributed by atoms with Crippen LogP contribution in [-0.2, 0) is 9.53 Å². The number of hydrogen-bond acceptors (Lipinski definition) is 8. The number of amides is 2. The first-order valence-electron chi connectivity index (χ1n) is 13.6. The molecule has 1 fully saturated rings. The van der Waals surface area contributed by atoms with Gasteiger partial charge in [0.15, 0.2) is 5.13 Å². The fourth-order valence-corrected chi connectivity index (χ4v) is 5.97. The van der Waals surface area contributed by atoms with Gasteiger partial charge in [-0.3, -0.25) is 10.1 Å². The van der Waals surface area contributed by atoms with E-state index in [1.165, 1.54) is 11.3 Å². The summed E-state index contributed by atoms with van der Waals surface area (Å²) >= 11 is 1.44. The number of carboxylic acid groups (broad SMARTS) is 1. The van der Waals surface area contributed by atoms with Crippen LogP contribution in [0.15, 0.2) is 60.0 Å². The van der Waals surface area contributed by atoms with Gasteiger partial charge in [-0.2, -0.15) is 4.99 Å². The van der Waals surface area contributed by atoms with Crippen molar-refractivity contribution in [2.45, 2.75) is 39.7 Å². The molecule has 218 valence electrons. The highest BCUT2D eigenvalue weighted by Crippen LogP contribution is 2.39. The highest BCUT2D eigenvalue weighted by atomic mass is 32.1. The van der Waals surface area contributed by atoms with Gasteiger partial charge in [0, 0.05) is 32.3 Å². The van der Waals surface area contributed by atoms with Crippen LogP contribution in [0.25, 0.3) is 15.8 Å². The minimum Gasteiger partial charge on any atom is -0.481 e. The van der Waals surface area contributed by atoms with Crippen LogP contribution in [0.2, 0.25) is 0 Å². The number of nitrogens with one attached hydrogen (secondary N) is 2. The fraction of sp³-hybridized carbons (Fsp3) is 0.400. The van der Waals surface area contributed by atoms with Gasteiger partial charge in [0.05, 0.1) is 28.8 Å². The number of piperidine rings is 1. The number of ether oxygens (including phenoxy) is 1. The van der Waals surface area contributed by atoms with Crippen molar-refractivity contribution in [1.82, 2.24) is 20.1 Å². The maximum absolute atomic E-state index is 12.2. The zero-order chi connectivity index (χ0) is 29.7. The van der Waals surface area contributed by atoms with Crippen LogP contribution < -0.4 is 10.6 Å². The Morgan fingerprint density at radius 2 is 2.05 bits per heavy atom. The molecule has 10 nitrogen and oxygen atoms in total. The number of carboxylic acids is 1. The number of anilines is 1. The second-order valence-corrected chi connectivity index (χ2v) is 11.3. The molecule has 41 heavy (non-hydrogen) atoms. The van der Waals surface area contributed by atoms with Gasteiger partial charge < -0.3 is 25.0 Å². The first-order chi connectivity index (χ1) is 19.6. The molecule has 0 saturated carbocycles. The Bertz CT molecular complexity index is 1450. The minimum absolute atomic E-state index is 0.0341. The van der Waals surface area contributed by atoms with E-state index < -0.39 is 11.4 Å². The maximum atomic E-state index is 12.2. The van der Waals surface area contributed by atoms with E-state index in [4.69, 9.17) is 14.7 Å². The van der Waals surface area contributed by atoms with Crippen molar-refractivity contribution in [1.29, 1.82) is 0 Å². The van der Waals surface area contributed by atoms with E-state index in [2.05, 4.69) is 34.3 Å². The number of hydrogen-bond donors (Lipinski definition) is 3. The summed E-state index contributed by atoms with van der Waals surface area (Å²) in [5, 5.41) is 15.7.